The van der Waals surface area contributed by atoms with E-state index in [1.54, 1.807) is 13.0 Å². The van der Waals surface area contributed by atoms with Gasteiger partial charge in [-0.1, -0.05) is 13.8 Å². The third-order valence-electron chi connectivity index (χ3n) is 7.85. The number of rotatable bonds is 9. The summed E-state index contributed by atoms with van der Waals surface area (Å²) in [4.78, 5) is 37.4. The number of carbonyl (C=O) groups excluding carboxylic acids is 2. The van der Waals surface area contributed by atoms with Crippen molar-refractivity contribution in [3.8, 4) is 17.0 Å². The molecule has 0 spiro atoms. The number of aryl methyl sites for hydroxylation is 1. The van der Waals surface area contributed by atoms with E-state index in [1.165, 1.54) is 18.5 Å². The summed E-state index contributed by atoms with van der Waals surface area (Å²) in [5.74, 6) is 0.943. The number of halogens is 2. The number of carbonyl (C=O) groups is 2. The highest BCUT2D eigenvalue weighted by molar-refractivity contribution is 6.09. The van der Waals surface area contributed by atoms with Crippen molar-refractivity contribution < 1.29 is 23.1 Å². The molecule has 2 amide bonds. The second kappa shape index (κ2) is 11.3. The highest BCUT2D eigenvalue weighted by atomic mass is 19.3. The van der Waals surface area contributed by atoms with Crippen molar-refractivity contribution in [2.75, 3.05) is 6.61 Å². The van der Waals surface area contributed by atoms with Crippen molar-refractivity contribution >= 4 is 22.8 Å². The minimum Gasteiger partial charge on any atom is -0.493 e. The molecule has 2 aromatic heterocycles. The van der Waals surface area contributed by atoms with Gasteiger partial charge in [-0.15, -0.1) is 0 Å². The van der Waals surface area contributed by atoms with Crippen LogP contribution in [0, 0.1) is 18.8 Å². The Hall–Kier alpha value is -3.56. The first kappa shape index (κ1) is 27.0. The normalized spacial score (nSPS) is 21.2. The Kier molecular flexibility index (Phi) is 7.81. The van der Waals surface area contributed by atoms with Gasteiger partial charge in [-0.05, 0) is 69.1 Å². The lowest BCUT2D eigenvalue weighted by atomic mass is 9.82. The maximum atomic E-state index is 13.6. The fourth-order valence-electron chi connectivity index (χ4n) is 5.40. The Balaban J connectivity index is 1.42. The Morgan fingerprint density at radius 2 is 1.95 bits per heavy atom. The third-order valence-corrected chi connectivity index (χ3v) is 7.85. The molecule has 1 aromatic carbocycles. The quantitative estimate of drug-likeness (QED) is 0.334. The number of benzene rings is 1. The zero-order valence-electron chi connectivity index (χ0n) is 22.5. The number of H-pyrrole nitrogens is 1. The number of hydrogen-bond acceptors (Lipinski definition) is 5. The van der Waals surface area contributed by atoms with Crippen molar-refractivity contribution in [1.82, 2.24) is 25.6 Å². The van der Waals surface area contributed by atoms with Crippen LogP contribution in [-0.2, 0) is 4.79 Å². The zero-order chi connectivity index (χ0) is 27.7. The van der Waals surface area contributed by atoms with Crippen LogP contribution >= 0.6 is 0 Å². The van der Waals surface area contributed by atoms with Gasteiger partial charge in [-0.25, -0.2) is 18.7 Å². The van der Waals surface area contributed by atoms with E-state index >= 15 is 0 Å². The van der Waals surface area contributed by atoms with Gasteiger partial charge in [0.1, 0.15) is 23.3 Å². The molecule has 0 saturated heterocycles. The highest BCUT2D eigenvalue weighted by Crippen LogP contribution is 2.38. The lowest BCUT2D eigenvalue weighted by molar-refractivity contribution is -0.121. The highest BCUT2D eigenvalue weighted by Gasteiger charge is 2.31. The van der Waals surface area contributed by atoms with Crippen molar-refractivity contribution in [2.45, 2.75) is 77.8 Å². The van der Waals surface area contributed by atoms with E-state index in [1.807, 2.05) is 6.92 Å². The summed E-state index contributed by atoms with van der Waals surface area (Å²) in [5, 5.41) is 6.23. The second-order valence-electron chi connectivity index (χ2n) is 10.9. The Bertz CT molecular complexity index is 1370. The first-order chi connectivity index (χ1) is 18.7. The van der Waals surface area contributed by atoms with Crippen LogP contribution in [0.1, 0.15) is 80.4 Å². The van der Waals surface area contributed by atoms with E-state index in [4.69, 9.17) is 4.74 Å². The topological polar surface area (TPSA) is 109 Å². The minimum absolute atomic E-state index is 0.0388. The van der Waals surface area contributed by atoms with Gasteiger partial charge in [0.05, 0.1) is 17.7 Å². The molecule has 0 radical (unpaired) electrons. The van der Waals surface area contributed by atoms with E-state index in [0.29, 0.717) is 58.2 Å². The minimum atomic E-state index is -2.64. The number of fused-ring (bicyclic) bond motifs is 1. The van der Waals surface area contributed by atoms with Crippen LogP contribution in [0.5, 0.6) is 5.75 Å². The molecular weight excluding hydrogens is 504 g/mol. The van der Waals surface area contributed by atoms with Crippen LogP contribution < -0.4 is 15.4 Å². The summed E-state index contributed by atoms with van der Waals surface area (Å²) in [6.07, 6.45) is 3.71. The fourth-order valence-corrected chi connectivity index (χ4v) is 5.40. The van der Waals surface area contributed by atoms with Gasteiger partial charge in [0, 0.05) is 35.3 Å². The van der Waals surface area contributed by atoms with E-state index in [0.717, 1.165) is 32.1 Å². The van der Waals surface area contributed by atoms with Crippen molar-refractivity contribution in [2.24, 2.45) is 11.8 Å². The molecule has 2 fully saturated rings. The van der Waals surface area contributed by atoms with Gasteiger partial charge in [0.15, 0.2) is 0 Å². The molecule has 208 valence electrons. The molecule has 2 aliphatic carbocycles. The monoisotopic (exact) mass is 539 g/mol. The Morgan fingerprint density at radius 1 is 1.15 bits per heavy atom. The number of hydrogen-bond donors (Lipinski definition) is 3. The molecular formula is C29H35F2N5O3. The summed E-state index contributed by atoms with van der Waals surface area (Å²) in [5.41, 5.74) is 2.69. The smallest absolute Gasteiger partial charge is 0.263 e. The predicted molar refractivity (Wildman–Crippen MR) is 144 cm³/mol. The van der Waals surface area contributed by atoms with Crippen LogP contribution in [0.3, 0.4) is 0 Å². The van der Waals surface area contributed by atoms with E-state index in [9.17, 15) is 18.4 Å². The van der Waals surface area contributed by atoms with Crippen LogP contribution in [0.25, 0.3) is 22.3 Å². The van der Waals surface area contributed by atoms with Crippen LogP contribution in [0.4, 0.5) is 8.78 Å². The summed E-state index contributed by atoms with van der Waals surface area (Å²) in [7, 11) is 0. The lowest BCUT2D eigenvalue weighted by Crippen LogP contribution is -2.48. The van der Waals surface area contributed by atoms with E-state index < -0.39 is 6.43 Å². The molecule has 0 aliphatic heterocycles. The molecule has 39 heavy (non-hydrogen) atoms. The van der Waals surface area contributed by atoms with Gasteiger partial charge in [-0.2, -0.15) is 0 Å². The van der Waals surface area contributed by atoms with E-state index in [2.05, 4.69) is 32.5 Å². The van der Waals surface area contributed by atoms with Crippen molar-refractivity contribution in [1.29, 1.82) is 0 Å². The Morgan fingerprint density at radius 3 is 2.64 bits per heavy atom. The van der Waals surface area contributed by atoms with Gasteiger partial charge >= 0.3 is 0 Å². The zero-order valence-corrected chi connectivity index (χ0v) is 22.5. The number of alkyl halides is 2. The second-order valence-corrected chi connectivity index (χ2v) is 10.9. The predicted octanol–water partition coefficient (Wildman–Crippen LogP) is 5.47. The van der Waals surface area contributed by atoms with Gasteiger partial charge in [0.2, 0.25) is 5.91 Å². The largest absolute Gasteiger partial charge is 0.493 e. The number of aromatic nitrogens is 3. The summed E-state index contributed by atoms with van der Waals surface area (Å²) < 4.78 is 33.2. The third kappa shape index (κ3) is 5.89. The average Bonchev–Trinajstić information content (AvgIpc) is 3.68. The molecule has 3 N–H and O–H groups in total. The molecule has 8 nitrogen and oxygen atoms in total. The van der Waals surface area contributed by atoms with Crippen molar-refractivity contribution in [3.05, 3.63) is 41.3 Å². The van der Waals surface area contributed by atoms with Gasteiger partial charge in [-0.3, -0.25) is 9.59 Å². The van der Waals surface area contributed by atoms with Crippen LogP contribution in [0.15, 0.2) is 24.5 Å². The molecule has 2 aliphatic rings. The van der Waals surface area contributed by atoms with Crippen LogP contribution in [-0.4, -0.2) is 45.5 Å². The molecule has 10 heteroatoms. The molecule has 2 saturated carbocycles. The summed E-state index contributed by atoms with van der Waals surface area (Å²) in [6, 6.07) is 4.42. The molecule has 0 unspecified atom stereocenters. The van der Waals surface area contributed by atoms with E-state index in [-0.39, 0.29) is 35.4 Å². The molecule has 3 aromatic rings. The average molecular weight is 540 g/mol. The first-order valence-corrected chi connectivity index (χ1v) is 13.7. The number of aromatic amines is 1. The summed E-state index contributed by atoms with van der Waals surface area (Å²) >= 11 is 0. The Labute approximate surface area is 226 Å². The molecule has 0 bridgehead atoms. The van der Waals surface area contributed by atoms with Crippen molar-refractivity contribution in [3.63, 3.8) is 0 Å². The molecule has 5 rings (SSSR count). The van der Waals surface area contributed by atoms with Gasteiger partial charge < -0.3 is 20.4 Å². The fraction of sp³-hybridized carbons (Fsp3) is 0.517. The number of amides is 2. The standard InChI is InChI=1S/C29H35F2N5O3/c1-4-23(37)35-19-8-9-21(15(2)11-19)36-29(38)24-16(3)34-27-25(32-14-33-26(24)27)20-12-18(28(30)31)7-10-22(20)39-13-17-5-6-17/h7,10,12,14-15,17,19,21,28,34H,4-6,8-9,11,13H2,1-3H3,(H,35,37)(H,36,38)/t15-,19+,21-/m1/s1. The van der Waals surface area contributed by atoms with Crippen LogP contribution in [0.2, 0.25) is 0 Å². The SMILES string of the molecule is CCC(=O)N[C@H]1CC[C@@H](NC(=O)c2c(C)[nH]c3c(-c4cc(C(F)F)ccc4OCC4CC4)ncnc23)[C@H](C)C1. The first-order valence-electron chi connectivity index (χ1n) is 13.7. The maximum absolute atomic E-state index is 13.6. The lowest BCUT2D eigenvalue weighted by Gasteiger charge is -2.35. The number of ether oxygens (including phenoxy) is 1. The maximum Gasteiger partial charge on any atom is 0.263 e. The summed E-state index contributed by atoms with van der Waals surface area (Å²) in [6.45, 7) is 6.23. The number of nitrogens with one attached hydrogen (secondary N) is 3. The van der Waals surface area contributed by atoms with Gasteiger partial charge in [0.25, 0.3) is 12.3 Å². The molecule has 3 atom stereocenters. The molecule has 2 heterocycles. The number of nitrogens with zero attached hydrogens (tertiary/aromatic N) is 2.